The van der Waals surface area contributed by atoms with E-state index in [1.54, 1.807) is 0 Å². The molecule has 1 fully saturated rings. The normalized spacial score (nSPS) is 17.4. The number of aryl methyl sites for hydroxylation is 1. The zero-order chi connectivity index (χ0) is 17.5. The number of rotatable bonds is 7. The van der Waals surface area contributed by atoms with Gasteiger partial charge < -0.3 is 9.84 Å². The summed E-state index contributed by atoms with van der Waals surface area (Å²) in [5, 5.41) is 10.4. The Labute approximate surface area is 150 Å². The van der Waals surface area contributed by atoms with Gasteiger partial charge in [0.1, 0.15) is 12.4 Å². The summed E-state index contributed by atoms with van der Waals surface area (Å²) in [6.07, 6.45) is -0.405. The molecule has 134 valence electrons. The van der Waals surface area contributed by atoms with Crippen molar-refractivity contribution in [3.63, 3.8) is 0 Å². The summed E-state index contributed by atoms with van der Waals surface area (Å²) < 4.78 is 5.82. The number of hydrogen-bond donors (Lipinski definition) is 1. The molecule has 0 bridgehead atoms. The fraction of sp³-hybridized carbons (Fsp3) is 0.429. The molecule has 0 radical (unpaired) electrons. The van der Waals surface area contributed by atoms with Crippen LogP contribution in [0, 0.1) is 6.92 Å². The maximum atomic E-state index is 10.4. The minimum atomic E-state index is -0.405. The van der Waals surface area contributed by atoms with Crippen molar-refractivity contribution in [3.05, 3.63) is 65.7 Å². The molecule has 3 rings (SSSR count). The van der Waals surface area contributed by atoms with Gasteiger partial charge in [0.2, 0.25) is 0 Å². The Morgan fingerprint density at radius 2 is 1.56 bits per heavy atom. The molecule has 1 atom stereocenters. The summed E-state index contributed by atoms with van der Waals surface area (Å²) in [5.74, 6) is 0.940. The Kier molecular flexibility index (Phi) is 6.45. The maximum Gasteiger partial charge on any atom is 0.119 e. The van der Waals surface area contributed by atoms with Gasteiger partial charge in [-0.2, -0.15) is 0 Å². The van der Waals surface area contributed by atoms with Crippen LogP contribution >= 0.6 is 0 Å². The molecule has 4 heteroatoms. The molecule has 1 aliphatic heterocycles. The van der Waals surface area contributed by atoms with Gasteiger partial charge in [-0.1, -0.05) is 48.0 Å². The third kappa shape index (κ3) is 5.56. The molecule has 0 aromatic heterocycles. The second kappa shape index (κ2) is 8.99. The van der Waals surface area contributed by atoms with Crippen molar-refractivity contribution < 1.29 is 9.84 Å². The van der Waals surface area contributed by atoms with Gasteiger partial charge in [-0.15, -0.1) is 0 Å². The highest BCUT2D eigenvalue weighted by atomic mass is 16.5. The van der Waals surface area contributed by atoms with Gasteiger partial charge in [0.25, 0.3) is 0 Å². The van der Waals surface area contributed by atoms with Crippen LogP contribution in [0.1, 0.15) is 17.2 Å². The molecule has 0 unspecified atom stereocenters. The third-order valence-electron chi connectivity index (χ3n) is 4.78. The average Bonchev–Trinajstić information content (AvgIpc) is 2.65. The first-order valence-electron chi connectivity index (χ1n) is 9.08. The number of aliphatic hydroxyl groups is 1. The van der Waals surface area contributed by atoms with Crippen molar-refractivity contribution in [2.75, 3.05) is 45.9 Å². The Hall–Kier alpha value is -1.88. The standard InChI is InChI=1S/C21H28N2O2/c1-18-7-9-20(10-8-18)25-16-15-22-11-13-23(14-12-22)17-21(24)19-5-3-2-4-6-19/h2-10,21,24H,11-17H2,1H3/t21-/m0/s1. The summed E-state index contributed by atoms with van der Waals surface area (Å²) in [4.78, 5) is 4.77. The molecule has 0 saturated carbocycles. The Morgan fingerprint density at radius 1 is 0.920 bits per heavy atom. The molecular formula is C21H28N2O2. The number of aliphatic hydroxyl groups excluding tert-OH is 1. The first-order chi connectivity index (χ1) is 12.2. The van der Waals surface area contributed by atoms with Gasteiger partial charge in [-0.05, 0) is 24.6 Å². The zero-order valence-electron chi connectivity index (χ0n) is 15.0. The zero-order valence-corrected chi connectivity index (χ0v) is 15.0. The summed E-state index contributed by atoms with van der Waals surface area (Å²) >= 11 is 0. The number of nitrogens with zero attached hydrogens (tertiary/aromatic N) is 2. The number of β-amino-alcohol motifs (C(OH)–C–C–N with tert-alkyl or cyclic N) is 1. The first kappa shape index (κ1) is 17.9. The average molecular weight is 340 g/mol. The lowest BCUT2D eigenvalue weighted by Gasteiger charge is -2.35. The predicted molar refractivity (Wildman–Crippen MR) is 101 cm³/mol. The smallest absolute Gasteiger partial charge is 0.119 e. The molecule has 1 N–H and O–H groups in total. The Bertz CT molecular complexity index is 622. The summed E-state index contributed by atoms with van der Waals surface area (Å²) in [7, 11) is 0. The molecule has 2 aromatic rings. The Morgan fingerprint density at radius 3 is 2.24 bits per heavy atom. The summed E-state index contributed by atoms with van der Waals surface area (Å²) in [5.41, 5.74) is 2.25. The second-order valence-electron chi connectivity index (χ2n) is 6.73. The quantitative estimate of drug-likeness (QED) is 0.841. The molecule has 0 aliphatic carbocycles. The molecule has 1 aliphatic rings. The van der Waals surface area contributed by atoms with Gasteiger partial charge in [-0.25, -0.2) is 0 Å². The van der Waals surface area contributed by atoms with Crippen molar-refractivity contribution in [2.24, 2.45) is 0 Å². The minimum absolute atomic E-state index is 0.405. The lowest BCUT2D eigenvalue weighted by molar-refractivity contribution is 0.0676. The van der Waals surface area contributed by atoms with Gasteiger partial charge in [-0.3, -0.25) is 9.80 Å². The fourth-order valence-electron chi connectivity index (χ4n) is 3.15. The van der Waals surface area contributed by atoms with Crippen LogP contribution < -0.4 is 4.74 Å². The van der Waals surface area contributed by atoms with Crippen molar-refractivity contribution in [3.8, 4) is 5.75 Å². The van der Waals surface area contributed by atoms with Crippen LogP contribution in [0.4, 0.5) is 0 Å². The predicted octanol–water partition coefficient (Wildman–Crippen LogP) is 2.73. The van der Waals surface area contributed by atoms with Crippen LogP contribution in [-0.4, -0.2) is 60.8 Å². The van der Waals surface area contributed by atoms with Gasteiger partial charge in [0.05, 0.1) is 6.10 Å². The summed E-state index contributed by atoms with van der Waals surface area (Å²) in [6.45, 7) is 8.49. The lowest BCUT2D eigenvalue weighted by Crippen LogP contribution is -2.48. The number of piperazine rings is 1. The molecule has 25 heavy (non-hydrogen) atoms. The first-order valence-corrected chi connectivity index (χ1v) is 9.08. The van der Waals surface area contributed by atoms with Crippen LogP contribution in [0.5, 0.6) is 5.75 Å². The monoisotopic (exact) mass is 340 g/mol. The second-order valence-corrected chi connectivity index (χ2v) is 6.73. The molecule has 0 spiro atoms. The van der Waals surface area contributed by atoms with E-state index in [2.05, 4.69) is 28.9 Å². The van der Waals surface area contributed by atoms with Crippen molar-refractivity contribution in [1.29, 1.82) is 0 Å². The van der Waals surface area contributed by atoms with E-state index >= 15 is 0 Å². The van der Waals surface area contributed by atoms with E-state index in [0.29, 0.717) is 6.54 Å². The maximum absolute atomic E-state index is 10.4. The van der Waals surface area contributed by atoms with E-state index in [9.17, 15) is 5.11 Å². The van der Waals surface area contributed by atoms with Crippen LogP contribution in [0.2, 0.25) is 0 Å². The van der Waals surface area contributed by atoms with Gasteiger partial charge in [0, 0.05) is 39.3 Å². The molecule has 0 amide bonds. The van der Waals surface area contributed by atoms with Crippen molar-refractivity contribution in [2.45, 2.75) is 13.0 Å². The van der Waals surface area contributed by atoms with Gasteiger partial charge >= 0.3 is 0 Å². The highest BCUT2D eigenvalue weighted by Crippen LogP contribution is 2.15. The van der Waals surface area contributed by atoms with E-state index < -0.39 is 6.10 Å². The van der Waals surface area contributed by atoms with Crippen LogP contribution in [-0.2, 0) is 0 Å². The van der Waals surface area contributed by atoms with E-state index in [1.807, 2.05) is 42.5 Å². The van der Waals surface area contributed by atoms with Crippen LogP contribution in [0.25, 0.3) is 0 Å². The van der Waals surface area contributed by atoms with Crippen LogP contribution in [0.3, 0.4) is 0 Å². The molecule has 1 saturated heterocycles. The van der Waals surface area contributed by atoms with Crippen molar-refractivity contribution in [1.82, 2.24) is 9.80 Å². The lowest BCUT2D eigenvalue weighted by atomic mass is 10.1. The minimum Gasteiger partial charge on any atom is -0.492 e. The largest absolute Gasteiger partial charge is 0.492 e. The molecule has 1 heterocycles. The third-order valence-corrected chi connectivity index (χ3v) is 4.78. The molecular weight excluding hydrogens is 312 g/mol. The van der Waals surface area contributed by atoms with E-state index in [0.717, 1.165) is 50.6 Å². The number of ether oxygens (including phenoxy) is 1. The molecule has 4 nitrogen and oxygen atoms in total. The number of benzene rings is 2. The number of hydrogen-bond acceptors (Lipinski definition) is 4. The van der Waals surface area contributed by atoms with E-state index in [4.69, 9.17) is 4.74 Å². The summed E-state index contributed by atoms with van der Waals surface area (Å²) in [6, 6.07) is 18.1. The fourth-order valence-corrected chi connectivity index (χ4v) is 3.15. The van der Waals surface area contributed by atoms with E-state index in [1.165, 1.54) is 5.56 Å². The highest BCUT2D eigenvalue weighted by molar-refractivity contribution is 5.26. The van der Waals surface area contributed by atoms with E-state index in [-0.39, 0.29) is 0 Å². The molecule has 2 aromatic carbocycles. The Balaban J connectivity index is 1.35. The highest BCUT2D eigenvalue weighted by Gasteiger charge is 2.19. The van der Waals surface area contributed by atoms with Gasteiger partial charge in [0.15, 0.2) is 0 Å². The van der Waals surface area contributed by atoms with Crippen molar-refractivity contribution >= 4 is 0 Å². The SMILES string of the molecule is Cc1ccc(OCCN2CCN(C[C@H](O)c3ccccc3)CC2)cc1. The topological polar surface area (TPSA) is 35.9 Å². The van der Waals surface area contributed by atoms with Crippen LogP contribution in [0.15, 0.2) is 54.6 Å².